The molecule has 0 aliphatic heterocycles. The van der Waals surface area contributed by atoms with Gasteiger partial charge >= 0.3 is 6.16 Å². The first kappa shape index (κ1) is 28.3. The quantitative estimate of drug-likeness (QED) is 0.175. The van der Waals surface area contributed by atoms with Crippen LogP contribution in [0.15, 0.2) is 23.3 Å². The van der Waals surface area contributed by atoms with E-state index in [4.69, 9.17) is 18.9 Å². The zero-order chi connectivity index (χ0) is 22.1. The van der Waals surface area contributed by atoms with E-state index in [0.717, 1.165) is 38.5 Å². The first-order valence-electron chi connectivity index (χ1n) is 11.6. The van der Waals surface area contributed by atoms with E-state index in [-0.39, 0.29) is 0 Å². The van der Waals surface area contributed by atoms with Crippen molar-refractivity contribution in [3.8, 4) is 0 Å². The Morgan fingerprint density at radius 3 is 1.34 bits per heavy atom. The summed E-state index contributed by atoms with van der Waals surface area (Å²) < 4.78 is 23.6. The van der Waals surface area contributed by atoms with Gasteiger partial charge < -0.3 is 18.9 Å². The molecule has 0 heterocycles. The smallest absolute Gasteiger partial charge is 0.304 e. The summed E-state index contributed by atoms with van der Waals surface area (Å²) in [6.45, 7) is 19.1. The number of rotatable bonds is 18. The minimum atomic E-state index is -1.37. The summed E-state index contributed by atoms with van der Waals surface area (Å²) in [6.07, 6.45) is 9.70. The zero-order valence-corrected chi connectivity index (χ0v) is 20.5. The van der Waals surface area contributed by atoms with Crippen molar-refractivity contribution in [2.24, 2.45) is 11.8 Å². The largest absolute Gasteiger partial charge is 0.412 e. The Kier molecular flexibility index (Phi) is 16.6. The predicted octanol–water partition coefficient (Wildman–Crippen LogP) is 7.25. The first-order chi connectivity index (χ1) is 13.7. The number of allylic oxidation sites excluding steroid dienone is 4. The lowest BCUT2D eigenvalue weighted by Crippen LogP contribution is -2.43. The van der Waals surface area contributed by atoms with E-state index >= 15 is 0 Å². The standard InChI is InChI=1S/C25H48O4/c1-9-26-25(27-10-2,28-19-17-23(7)15-11-13-21(3)4)29-20-18-24(8)16-12-14-22(5)6/h13-14,23-24H,9-12,15-20H2,1-8H3. The second-order valence-electron chi connectivity index (χ2n) is 8.57. The molecule has 0 aromatic heterocycles. The molecule has 29 heavy (non-hydrogen) atoms. The van der Waals surface area contributed by atoms with Crippen LogP contribution in [0.5, 0.6) is 0 Å². The summed E-state index contributed by atoms with van der Waals surface area (Å²) in [5.41, 5.74) is 2.76. The molecule has 0 radical (unpaired) electrons. The molecule has 2 unspecified atom stereocenters. The molecule has 0 amide bonds. The molecule has 0 rings (SSSR count). The summed E-state index contributed by atoms with van der Waals surface area (Å²) in [5, 5.41) is 0. The second-order valence-corrected chi connectivity index (χ2v) is 8.57. The average molecular weight is 413 g/mol. The van der Waals surface area contributed by atoms with Gasteiger partial charge in [0.25, 0.3) is 0 Å². The van der Waals surface area contributed by atoms with Gasteiger partial charge in [-0.05, 0) is 91.9 Å². The molecule has 0 aromatic rings. The number of hydrogen-bond donors (Lipinski definition) is 0. The maximum atomic E-state index is 6.01. The van der Waals surface area contributed by atoms with Gasteiger partial charge in [-0.1, -0.05) is 37.1 Å². The average Bonchev–Trinajstić information content (AvgIpc) is 2.61. The van der Waals surface area contributed by atoms with Crippen LogP contribution in [0.4, 0.5) is 0 Å². The molecular formula is C25H48O4. The van der Waals surface area contributed by atoms with E-state index in [9.17, 15) is 0 Å². The summed E-state index contributed by atoms with van der Waals surface area (Å²) in [4.78, 5) is 0. The lowest BCUT2D eigenvalue weighted by Gasteiger charge is -2.32. The van der Waals surface area contributed by atoms with E-state index < -0.39 is 6.16 Å². The topological polar surface area (TPSA) is 36.9 Å². The van der Waals surface area contributed by atoms with Crippen molar-refractivity contribution in [3.05, 3.63) is 23.3 Å². The summed E-state index contributed by atoms with van der Waals surface area (Å²) in [7, 11) is 0. The number of ether oxygens (including phenoxy) is 4. The van der Waals surface area contributed by atoms with Crippen molar-refractivity contribution in [3.63, 3.8) is 0 Å². The van der Waals surface area contributed by atoms with Crippen molar-refractivity contribution in [2.45, 2.75) is 100 Å². The summed E-state index contributed by atoms with van der Waals surface area (Å²) in [5.74, 6) is 1.17. The Morgan fingerprint density at radius 1 is 0.655 bits per heavy atom. The summed E-state index contributed by atoms with van der Waals surface area (Å²) >= 11 is 0. The van der Waals surface area contributed by atoms with Crippen LogP contribution in [0.3, 0.4) is 0 Å². The summed E-state index contributed by atoms with van der Waals surface area (Å²) in [6, 6.07) is 0. The molecular weight excluding hydrogens is 364 g/mol. The highest BCUT2D eigenvalue weighted by molar-refractivity contribution is 4.93. The maximum Gasteiger partial charge on any atom is 0.412 e. The Morgan fingerprint density at radius 2 is 1.03 bits per heavy atom. The van der Waals surface area contributed by atoms with Gasteiger partial charge in [0.05, 0.1) is 26.4 Å². The molecule has 0 aromatic carbocycles. The van der Waals surface area contributed by atoms with E-state index in [2.05, 4.69) is 53.7 Å². The number of hydrogen-bond acceptors (Lipinski definition) is 4. The molecule has 0 saturated heterocycles. The van der Waals surface area contributed by atoms with Crippen molar-refractivity contribution >= 4 is 0 Å². The molecule has 0 bridgehead atoms. The SMILES string of the molecule is CCOC(OCC)(OCCC(C)CCC=C(C)C)OCCC(C)CCC=C(C)C. The van der Waals surface area contributed by atoms with Crippen molar-refractivity contribution in [1.82, 2.24) is 0 Å². The minimum absolute atomic E-state index is 0.478. The van der Waals surface area contributed by atoms with Crippen LogP contribution in [-0.2, 0) is 18.9 Å². The second kappa shape index (κ2) is 17.0. The van der Waals surface area contributed by atoms with E-state index in [0.29, 0.717) is 38.3 Å². The fraction of sp³-hybridized carbons (Fsp3) is 0.840. The van der Waals surface area contributed by atoms with Crippen LogP contribution in [-0.4, -0.2) is 32.6 Å². The van der Waals surface area contributed by atoms with Gasteiger partial charge in [0.15, 0.2) is 0 Å². The third kappa shape index (κ3) is 15.8. The molecule has 4 nitrogen and oxygen atoms in total. The van der Waals surface area contributed by atoms with Gasteiger partial charge in [-0.15, -0.1) is 0 Å². The Hall–Kier alpha value is -0.680. The van der Waals surface area contributed by atoms with Gasteiger partial charge in [0.2, 0.25) is 0 Å². The van der Waals surface area contributed by atoms with Gasteiger partial charge in [-0.3, -0.25) is 0 Å². The molecule has 4 heteroatoms. The van der Waals surface area contributed by atoms with E-state index in [1.54, 1.807) is 0 Å². The normalized spacial score (nSPS) is 13.8. The van der Waals surface area contributed by atoms with Crippen LogP contribution >= 0.6 is 0 Å². The first-order valence-corrected chi connectivity index (χ1v) is 11.6. The molecule has 0 spiro atoms. The van der Waals surface area contributed by atoms with Crippen LogP contribution < -0.4 is 0 Å². The van der Waals surface area contributed by atoms with E-state index in [1.165, 1.54) is 11.1 Å². The van der Waals surface area contributed by atoms with Gasteiger partial charge in [0.1, 0.15) is 0 Å². The predicted molar refractivity (Wildman–Crippen MR) is 123 cm³/mol. The van der Waals surface area contributed by atoms with Crippen LogP contribution in [0.2, 0.25) is 0 Å². The van der Waals surface area contributed by atoms with Crippen LogP contribution in [0, 0.1) is 11.8 Å². The highest BCUT2D eigenvalue weighted by Crippen LogP contribution is 2.22. The maximum absolute atomic E-state index is 6.01. The Bertz CT molecular complexity index is 406. The van der Waals surface area contributed by atoms with Crippen LogP contribution in [0.1, 0.15) is 93.9 Å². The molecule has 0 saturated carbocycles. The third-order valence-electron chi connectivity index (χ3n) is 4.85. The molecule has 0 N–H and O–H groups in total. The Labute approximate surface area is 181 Å². The monoisotopic (exact) mass is 412 g/mol. The van der Waals surface area contributed by atoms with Crippen LogP contribution in [0.25, 0.3) is 0 Å². The van der Waals surface area contributed by atoms with E-state index in [1.807, 2.05) is 13.8 Å². The lowest BCUT2D eigenvalue weighted by molar-refractivity contribution is -0.498. The molecule has 0 aliphatic rings. The zero-order valence-electron chi connectivity index (χ0n) is 20.5. The van der Waals surface area contributed by atoms with Gasteiger partial charge in [-0.25, -0.2) is 0 Å². The minimum Gasteiger partial charge on any atom is -0.304 e. The van der Waals surface area contributed by atoms with Crippen molar-refractivity contribution in [1.29, 1.82) is 0 Å². The van der Waals surface area contributed by atoms with Crippen molar-refractivity contribution in [2.75, 3.05) is 26.4 Å². The van der Waals surface area contributed by atoms with Gasteiger partial charge in [0, 0.05) is 0 Å². The molecule has 0 aliphatic carbocycles. The fourth-order valence-electron chi connectivity index (χ4n) is 2.98. The Balaban J connectivity index is 4.49. The lowest BCUT2D eigenvalue weighted by atomic mass is 10.0. The van der Waals surface area contributed by atoms with Crippen molar-refractivity contribution < 1.29 is 18.9 Å². The van der Waals surface area contributed by atoms with Gasteiger partial charge in [-0.2, -0.15) is 0 Å². The molecule has 172 valence electrons. The molecule has 0 fully saturated rings. The highest BCUT2D eigenvalue weighted by atomic mass is 17.0. The highest BCUT2D eigenvalue weighted by Gasteiger charge is 2.35. The molecule has 2 atom stereocenters. The third-order valence-corrected chi connectivity index (χ3v) is 4.85. The fourth-order valence-corrected chi connectivity index (χ4v) is 2.98.